The largest absolute Gasteiger partial charge is 0.478 e. The molecular formula is C12H9ClN2O3S. The van der Waals surface area contributed by atoms with Gasteiger partial charge in [-0.15, -0.1) is 11.3 Å². The van der Waals surface area contributed by atoms with E-state index in [1.807, 2.05) is 0 Å². The fraction of sp³-hybridized carbons (Fsp3) is 0.0833. The number of hydrogen-bond acceptors (Lipinski definition) is 4. The minimum absolute atomic E-state index is 0.0796. The molecule has 98 valence electrons. The van der Waals surface area contributed by atoms with Crippen molar-refractivity contribution in [2.75, 3.05) is 5.32 Å². The third kappa shape index (κ3) is 3.10. The van der Waals surface area contributed by atoms with Gasteiger partial charge in [-0.3, -0.25) is 4.79 Å². The van der Waals surface area contributed by atoms with Crippen molar-refractivity contribution in [3.63, 3.8) is 0 Å². The molecule has 1 amide bonds. The Bertz CT molecular complexity index is 654. The van der Waals surface area contributed by atoms with Gasteiger partial charge < -0.3 is 10.4 Å². The lowest BCUT2D eigenvalue weighted by atomic mass is 10.2. The van der Waals surface area contributed by atoms with Crippen LogP contribution in [-0.4, -0.2) is 22.0 Å². The Kier molecular flexibility index (Phi) is 3.82. The van der Waals surface area contributed by atoms with Gasteiger partial charge in [0, 0.05) is 16.6 Å². The molecule has 0 bridgehead atoms. The van der Waals surface area contributed by atoms with Gasteiger partial charge in [0.15, 0.2) is 0 Å². The number of nitrogens with zero attached hydrogens (tertiary/aromatic N) is 1. The summed E-state index contributed by atoms with van der Waals surface area (Å²) in [4.78, 5) is 27.6. The Hall–Kier alpha value is -1.92. The Morgan fingerprint density at radius 1 is 1.42 bits per heavy atom. The number of hydrogen-bond donors (Lipinski definition) is 2. The van der Waals surface area contributed by atoms with Crippen LogP contribution in [0.1, 0.15) is 25.6 Å². The summed E-state index contributed by atoms with van der Waals surface area (Å²) in [6.45, 7) is 1.77. The molecule has 7 heteroatoms. The second kappa shape index (κ2) is 5.38. The summed E-state index contributed by atoms with van der Waals surface area (Å²) < 4.78 is 0. The maximum absolute atomic E-state index is 12.0. The number of rotatable bonds is 3. The van der Waals surface area contributed by atoms with Crippen LogP contribution in [0.15, 0.2) is 24.4 Å². The molecule has 0 aliphatic carbocycles. The predicted octanol–water partition coefficient (Wildman–Crippen LogP) is 3.06. The SMILES string of the molecule is Cc1cc(C(=O)O)c(NC(=O)c2ccnc(Cl)c2)s1. The molecule has 0 aromatic carbocycles. The second-order valence-electron chi connectivity index (χ2n) is 3.73. The van der Waals surface area contributed by atoms with Crippen LogP contribution in [-0.2, 0) is 0 Å². The molecule has 2 aromatic rings. The molecule has 2 N–H and O–H groups in total. The Labute approximate surface area is 117 Å². The smallest absolute Gasteiger partial charge is 0.338 e. The summed E-state index contributed by atoms with van der Waals surface area (Å²) in [5.41, 5.74) is 0.401. The fourth-order valence-electron chi connectivity index (χ4n) is 1.48. The molecule has 0 fully saturated rings. The molecule has 0 aliphatic heterocycles. The van der Waals surface area contributed by atoms with E-state index in [0.717, 1.165) is 4.88 Å². The monoisotopic (exact) mass is 296 g/mol. The van der Waals surface area contributed by atoms with Gasteiger partial charge in [-0.25, -0.2) is 9.78 Å². The van der Waals surface area contributed by atoms with E-state index < -0.39 is 11.9 Å². The molecule has 0 unspecified atom stereocenters. The first-order valence-corrected chi connectivity index (χ1v) is 6.43. The number of carboxylic acid groups (broad SMARTS) is 1. The van der Waals surface area contributed by atoms with Crippen molar-refractivity contribution < 1.29 is 14.7 Å². The molecule has 0 spiro atoms. The van der Waals surface area contributed by atoms with Gasteiger partial charge in [-0.1, -0.05) is 11.6 Å². The van der Waals surface area contributed by atoms with Crippen LogP contribution in [0.5, 0.6) is 0 Å². The van der Waals surface area contributed by atoms with Gasteiger partial charge >= 0.3 is 5.97 Å². The highest BCUT2D eigenvalue weighted by Gasteiger charge is 2.16. The van der Waals surface area contributed by atoms with Crippen molar-refractivity contribution in [2.45, 2.75) is 6.92 Å². The van der Waals surface area contributed by atoms with Gasteiger partial charge in [0.25, 0.3) is 5.91 Å². The maximum atomic E-state index is 12.0. The standard InChI is InChI=1S/C12H9ClN2O3S/c1-6-4-8(12(17)18)11(19-6)15-10(16)7-2-3-14-9(13)5-7/h2-5H,1H3,(H,15,16)(H,17,18). The van der Waals surface area contributed by atoms with Crippen molar-refractivity contribution in [1.29, 1.82) is 0 Å². The van der Waals surface area contributed by atoms with E-state index in [-0.39, 0.29) is 10.7 Å². The van der Waals surface area contributed by atoms with Gasteiger partial charge in [0.1, 0.15) is 10.2 Å². The van der Waals surface area contributed by atoms with E-state index in [1.54, 1.807) is 6.92 Å². The molecule has 0 radical (unpaired) electrons. The van der Waals surface area contributed by atoms with Crippen molar-refractivity contribution in [1.82, 2.24) is 4.98 Å². The first kappa shape index (κ1) is 13.5. The summed E-state index contributed by atoms with van der Waals surface area (Å²) in [5, 5.41) is 12.1. The fourth-order valence-corrected chi connectivity index (χ4v) is 2.56. The lowest BCUT2D eigenvalue weighted by Crippen LogP contribution is -2.13. The van der Waals surface area contributed by atoms with Crippen LogP contribution in [0, 0.1) is 6.92 Å². The number of carbonyl (C=O) groups is 2. The number of amides is 1. The molecule has 2 aromatic heterocycles. The number of halogens is 1. The zero-order valence-corrected chi connectivity index (χ0v) is 11.4. The van der Waals surface area contributed by atoms with Gasteiger partial charge in [0.05, 0.1) is 5.56 Å². The lowest BCUT2D eigenvalue weighted by Gasteiger charge is -2.04. The van der Waals surface area contributed by atoms with Gasteiger partial charge in [-0.2, -0.15) is 0 Å². The van der Waals surface area contributed by atoms with E-state index in [9.17, 15) is 9.59 Å². The minimum atomic E-state index is -1.08. The topological polar surface area (TPSA) is 79.3 Å². The van der Waals surface area contributed by atoms with E-state index >= 15 is 0 Å². The minimum Gasteiger partial charge on any atom is -0.478 e. The van der Waals surface area contributed by atoms with E-state index in [4.69, 9.17) is 16.7 Å². The van der Waals surface area contributed by atoms with Crippen LogP contribution in [0.25, 0.3) is 0 Å². The zero-order chi connectivity index (χ0) is 14.0. The highest BCUT2D eigenvalue weighted by molar-refractivity contribution is 7.16. The number of thiophene rings is 1. The molecule has 0 saturated carbocycles. The van der Waals surface area contributed by atoms with Crippen LogP contribution in [0.2, 0.25) is 5.15 Å². The molecule has 2 heterocycles. The van der Waals surface area contributed by atoms with Crippen LogP contribution < -0.4 is 5.32 Å². The normalized spacial score (nSPS) is 10.2. The van der Waals surface area contributed by atoms with Crippen LogP contribution >= 0.6 is 22.9 Å². The predicted molar refractivity (Wildman–Crippen MR) is 73.2 cm³/mol. The average molecular weight is 297 g/mol. The second-order valence-corrected chi connectivity index (χ2v) is 5.37. The lowest BCUT2D eigenvalue weighted by molar-refractivity contribution is 0.0698. The molecule has 0 atom stereocenters. The quantitative estimate of drug-likeness (QED) is 0.853. The van der Waals surface area contributed by atoms with Crippen molar-refractivity contribution in [2.24, 2.45) is 0 Å². The van der Waals surface area contributed by atoms with Gasteiger partial charge in [-0.05, 0) is 25.1 Å². The number of carbonyl (C=O) groups excluding carboxylic acids is 1. The number of carboxylic acids is 1. The molecular weight excluding hydrogens is 288 g/mol. The molecule has 0 aliphatic rings. The molecule has 19 heavy (non-hydrogen) atoms. The molecule has 2 rings (SSSR count). The van der Waals surface area contributed by atoms with Crippen molar-refractivity contribution in [3.05, 3.63) is 45.6 Å². The summed E-state index contributed by atoms with van der Waals surface area (Å²) in [6.07, 6.45) is 1.41. The maximum Gasteiger partial charge on any atom is 0.338 e. The third-order valence-electron chi connectivity index (χ3n) is 2.30. The Morgan fingerprint density at radius 2 is 2.16 bits per heavy atom. The Morgan fingerprint density at radius 3 is 2.79 bits per heavy atom. The van der Waals surface area contributed by atoms with E-state index in [2.05, 4.69) is 10.3 Å². The average Bonchev–Trinajstić information content (AvgIpc) is 2.70. The zero-order valence-electron chi connectivity index (χ0n) is 9.81. The summed E-state index contributed by atoms with van der Waals surface area (Å²) in [7, 11) is 0. The number of aromatic nitrogens is 1. The number of anilines is 1. The Balaban J connectivity index is 2.26. The molecule has 0 saturated heterocycles. The summed E-state index contributed by atoms with van der Waals surface area (Å²) in [5.74, 6) is -1.50. The third-order valence-corrected chi connectivity index (χ3v) is 3.47. The highest BCUT2D eigenvalue weighted by Crippen LogP contribution is 2.28. The molecule has 5 nitrogen and oxygen atoms in total. The number of aromatic carboxylic acids is 1. The van der Waals surface area contributed by atoms with Crippen LogP contribution in [0.3, 0.4) is 0 Å². The number of nitrogens with one attached hydrogen (secondary N) is 1. The first-order chi connectivity index (χ1) is 8.97. The van der Waals surface area contributed by atoms with E-state index in [0.29, 0.717) is 10.6 Å². The van der Waals surface area contributed by atoms with Crippen molar-refractivity contribution in [3.8, 4) is 0 Å². The number of aryl methyl sites for hydroxylation is 1. The highest BCUT2D eigenvalue weighted by atomic mass is 35.5. The van der Waals surface area contributed by atoms with E-state index in [1.165, 1.54) is 35.7 Å². The number of pyridine rings is 1. The van der Waals surface area contributed by atoms with Gasteiger partial charge in [0.2, 0.25) is 0 Å². The summed E-state index contributed by atoms with van der Waals surface area (Å²) in [6, 6.07) is 4.43. The first-order valence-electron chi connectivity index (χ1n) is 5.24. The van der Waals surface area contributed by atoms with Crippen molar-refractivity contribution >= 4 is 39.8 Å². The summed E-state index contributed by atoms with van der Waals surface area (Å²) >= 11 is 6.90. The van der Waals surface area contributed by atoms with Crippen LogP contribution in [0.4, 0.5) is 5.00 Å².